The Kier molecular flexibility index (Phi) is 5.49. The summed E-state index contributed by atoms with van der Waals surface area (Å²) in [6.07, 6.45) is 2.71. The molecule has 1 rings (SSSR count). The van der Waals surface area contributed by atoms with E-state index in [1.54, 1.807) is 32.2 Å². The van der Waals surface area contributed by atoms with Gasteiger partial charge in [0.15, 0.2) is 0 Å². The first-order valence-electron chi connectivity index (χ1n) is 6.65. The van der Waals surface area contributed by atoms with Crippen LogP contribution in [0.5, 0.6) is 0 Å². The van der Waals surface area contributed by atoms with Gasteiger partial charge in [-0.05, 0) is 32.4 Å². The number of aromatic nitrogens is 1. The molecule has 0 fully saturated rings. The molecule has 0 saturated carbocycles. The fourth-order valence-corrected chi connectivity index (χ4v) is 1.75. The van der Waals surface area contributed by atoms with Gasteiger partial charge in [0.25, 0.3) is 5.91 Å². The topological polar surface area (TPSA) is 97.1 Å². The molecule has 0 spiro atoms. The Morgan fingerprint density at radius 2 is 2.05 bits per heavy atom. The van der Waals surface area contributed by atoms with E-state index >= 15 is 0 Å². The van der Waals surface area contributed by atoms with E-state index < -0.39 is 11.4 Å². The van der Waals surface area contributed by atoms with Gasteiger partial charge in [-0.25, -0.2) is 4.98 Å². The van der Waals surface area contributed by atoms with Crippen molar-refractivity contribution in [2.45, 2.75) is 39.2 Å². The number of hydrogen-bond acceptors (Lipinski definition) is 4. The number of hydrogen-bond donors (Lipinski definition) is 3. The number of nitrogens with zero attached hydrogens (tertiary/aromatic N) is 1. The summed E-state index contributed by atoms with van der Waals surface area (Å²) in [6.45, 7) is 6.42. The number of amides is 2. The van der Waals surface area contributed by atoms with E-state index in [0.29, 0.717) is 5.69 Å². The molecule has 110 valence electrons. The Hall–Kier alpha value is -2.11. The summed E-state index contributed by atoms with van der Waals surface area (Å²) in [7, 11) is 0. The van der Waals surface area contributed by atoms with Gasteiger partial charge in [0.05, 0.1) is 11.9 Å². The molecule has 0 bridgehead atoms. The highest BCUT2D eigenvalue weighted by molar-refractivity contribution is 5.93. The van der Waals surface area contributed by atoms with Gasteiger partial charge in [-0.3, -0.25) is 9.59 Å². The number of nitrogens with two attached hydrogens (primary N) is 1. The molecule has 0 radical (unpaired) electrons. The van der Waals surface area contributed by atoms with Crippen molar-refractivity contribution in [1.29, 1.82) is 0 Å². The van der Waals surface area contributed by atoms with Gasteiger partial charge in [-0.2, -0.15) is 0 Å². The van der Waals surface area contributed by atoms with Gasteiger partial charge in [0.1, 0.15) is 5.69 Å². The van der Waals surface area contributed by atoms with Gasteiger partial charge in [-0.1, -0.05) is 6.92 Å². The molecule has 2 amide bonds. The third kappa shape index (κ3) is 5.26. The molecule has 0 saturated heterocycles. The second-order valence-corrected chi connectivity index (χ2v) is 5.34. The predicted octanol–water partition coefficient (Wildman–Crippen LogP) is 1.29. The molecule has 20 heavy (non-hydrogen) atoms. The number of nitrogens with one attached hydrogen (secondary N) is 2. The summed E-state index contributed by atoms with van der Waals surface area (Å²) in [5.74, 6) is -0.777. The van der Waals surface area contributed by atoms with Gasteiger partial charge in [-0.15, -0.1) is 0 Å². The molecule has 0 aliphatic carbocycles. The van der Waals surface area contributed by atoms with Crippen molar-refractivity contribution in [1.82, 2.24) is 10.3 Å². The van der Waals surface area contributed by atoms with Crippen LogP contribution in [0.4, 0.5) is 5.69 Å². The Morgan fingerprint density at radius 1 is 1.35 bits per heavy atom. The number of pyridine rings is 1. The van der Waals surface area contributed by atoms with Crippen LogP contribution in [0, 0.1) is 0 Å². The standard InChI is InChI=1S/C14H22N4O2/c1-4-7-16-10-5-6-11(17-9-10)13(20)18-14(2,3)8-12(15)19/h5-6,9,16H,4,7-8H2,1-3H3,(H2,15,19)(H,18,20). The van der Waals surface area contributed by atoms with E-state index in [1.807, 2.05) is 0 Å². The molecule has 1 aromatic heterocycles. The minimum Gasteiger partial charge on any atom is -0.384 e. The highest BCUT2D eigenvalue weighted by Gasteiger charge is 2.23. The van der Waals surface area contributed by atoms with Crippen molar-refractivity contribution < 1.29 is 9.59 Å². The molecule has 0 unspecified atom stereocenters. The van der Waals surface area contributed by atoms with E-state index in [1.165, 1.54) is 0 Å². The second-order valence-electron chi connectivity index (χ2n) is 5.34. The van der Waals surface area contributed by atoms with Crippen LogP contribution < -0.4 is 16.4 Å². The van der Waals surface area contributed by atoms with Crippen molar-refractivity contribution >= 4 is 17.5 Å². The maximum absolute atomic E-state index is 12.0. The molecule has 1 heterocycles. The first kappa shape index (κ1) is 15.9. The van der Waals surface area contributed by atoms with E-state index in [9.17, 15) is 9.59 Å². The first-order valence-corrected chi connectivity index (χ1v) is 6.65. The summed E-state index contributed by atoms with van der Waals surface area (Å²) in [5, 5.41) is 5.92. The summed E-state index contributed by atoms with van der Waals surface area (Å²) in [4.78, 5) is 27.1. The van der Waals surface area contributed by atoms with Crippen LogP contribution in [0.2, 0.25) is 0 Å². The highest BCUT2D eigenvalue weighted by atomic mass is 16.2. The molecule has 0 aromatic carbocycles. The fourth-order valence-electron chi connectivity index (χ4n) is 1.75. The summed E-state index contributed by atoms with van der Waals surface area (Å²) < 4.78 is 0. The molecule has 0 atom stereocenters. The maximum Gasteiger partial charge on any atom is 0.270 e. The highest BCUT2D eigenvalue weighted by Crippen LogP contribution is 2.10. The van der Waals surface area contributed by atoms with Crippen molar-refractivity contribution in [2.75, 3.05) is 11.9 Å². The molecule has 6 heteroatoms. The van der Waals surface area contributed by atoms with Gasteiger partial charge < -0.3 is 16.4 Å². The monoisotopic (exact) mass is 278 g/mol. The average molecular weight is 278 g/mol. The molecule has 6 nitrogen and oxygen atoms in total. The Morgan fingerprint density at radius 3 is 2.55 bits per heavy atom. The first-order chi connectivity index (χ1) is 9.34. The lowest BCUT2D eigenvalue weighted by molar-refractivity contribution is -0.119. The molecule has 1 aromatic rings. The molecule has 0 aliphatic rings. The van der Waals surface area contributed by atoms with Gasteiger partial charge in [0, 0.05) is 18.5 Å². The van der Waals surface area contributed by atoms with E-state index in [0.717, 1.165) is 18.7 Å². The Bertz CT molecular complexity index is 469. The average Bonchev–Trinajstić information content (AvgIpc) is 2.34. The van der Waals surface area contributed by atoms with Crippen LogP contribution in [0.25, 0.3) is 0 Å². The van der Waals surface area contributed by atoms with Crippen LogP contribution in [0.1, 0.15) is 44.1 Å². The number of primary amides is 1. The second kappa shape index (κ2) is 6.88. The third-order valence-electron chi connectivity index (χ3n) is 2.64. The zero-order chi connectivity index (χ0) is 15.2. The van der Waals surface area contributed by atoms with Crippen molar-refractivity contribution in [3.05, 3.63) is 24.0 Å². The van der Waals surface area contributed by atoms with E-state index in [-0.39, 0.29) is 12.3 Å². The lowest BCUT2D eigenvalue weighted by Crippen LogP contribution is -2.46. The fraction of sp³-hybridized carbons (Fsp3) is 0.500. The number of carbonyl (C=O) groups excluding carboxylic acids is 2. The summed E-state index contributed by atoms with van der Waals surface area (Å²) >= 11 is 0. The largest absolute Gasteiger partial charge is 0.384 e. The quantitative estimate of drug-likeness (QED) is 0.700. The minimum atomic E-state index is -0.691. The maximum atomic E-state index is 12.0. The number of anilines is 1. The van der Waals surface area contributed by atoms with Crippen molar-refractivity contribution in [2.24, 2.45) is 5.73 Å². The zero-order valence-electron chi connectivity index (χ0n) is 12.2. The lowest BCUT2D eigenvalue weighted by atomic mass is 10.00. The van der Waals surface area contributed by atoms with Crippen LogP contribution in [0.15, 0.2) is 18.3 Å². The third-order valence-corrected chi connectivity index (χ3v) is 2.64. The van der Waals surface area contributed by atoms with E-state index in [4.69, 9.17) is 5.73 Å². The summed E-state index contributed by atoms with van der Waals surface area (Å²) in [6, 6.07) is 3.45. The van der Waals surface area contributed by atoms with Crippen LogP contribution >= 0.6 is 0 Å². The zero-order valence-corrected chi connectivity index (χ0v) is 12.2. The smallest absolute Gasteiger partial charge is 0.270 e. The van der Waals surface area contributed by atoms with Gasteiger partial charge in [0.2, 0.25) is 5.91 Å². The van der Waals surface area contributed by atoms with Crippen molar-refractivity contribution in [3.63, 3.8) is 0 Å². The number of rotatable bonds is 7. The normalized spacial score (nSPS) is 10.9. The Balaban J connectivity index is 2.65. The lowest BCUT2D eigenvalue weighted by Gasteiger charge is -2.24. The van der Waals surface area contributed by atoms with E-state index in [2.05, 4.69) is 22.5 Å². The van der Waals surface area contributed by atoms with Gasteiger partial charge >= 0.3 is 0 Å². The summed E-state index contributed by atoms with van der Waals surface area (Å²) in [5.41, 5.74) is 5.64. The van der Waals surface area contributed by atoms with Crippen molar-refractivity contribution in [3.8, 4) is 0 Å². The van der Waals surface area contributed by atoms with Crippen LogP contribution in [-0.4, -0.2) is 28.9 Å². The molecular weight excluding hydrogens is 256 g/mol. The Labute approximate surface area is 119 Å². The number of carbonyl (C=O) groups is 2. The predicted molar refractivity (Wildman–Crippen MR) is 78.4 cm³/mol. The van der Waals surface area contributed by atoms with Crippen LogP contribution in [0.3, 0.4) is 0 Å². The van der Waals surface area contributed by atoms with Crippen LogP contribution in [-0.2, 0) is 4.79 Å². The molecular formula is C14H22N4O2. The molecule has 4 N–H and O–H groups in total. The molecule has 0 aliphatic heterocycles. The SMILES string of the molecule is CCCNc1ccc(C(=O)NC(C)(C)CC(N)=O)nc1. The minimum absolute atomic E-state index is 0.0783.